The molecular formula is C9H13ClOSi. The summed E-state index contributed by atoms with van der Waals surface area (Å²) >= 11 is 5.73. The van der Waals surface area contributed by atoms with Gasteiger partial charge in [0.1, 0.15) is 0 Å². The van der Waals surface area contributed by atoms with E-state index in [0.29, 0.717) is 0 Å². The summed E-state index contributed by atoms with van der Waals surface area (Å²) in [5.41, 5.74) is 1.17. The summed E-state index contributed by atoms with van der Waals surface area (Å²) in [5, 5.41) is 0.746. The van der Waals surface area contributed by atoms with Gasteiger partial charge in [0.2, 0.25) is 0 Å². The van der Waals surface area contributed by atoms with Crippen molar-refractivity contribution in [2.45, 2.75) is 19.1 Å². The van der Waals surface area contributed by atoms with Crippen LogP contribution in [0.3, 0.4) is 0 Å². The molecule has 0 saturated heterocycles. The molecule has 1 N–H and O–H groups in total. The fraction of sp³-hybridized carbons (Fsp3) is 0.333. The van der Waals surface area contributed by atoms with Crippen LogP contribution < -0.4 is 0 Å². The van der Waals surface area contributed by atoms with Gasteiger partial charge in [-0.05, 0) is 36.8 Å². The van der Waals surface area contributed by atoms with Crippen LogP contribution in [-0.2, 0) is 6.04 Å². The Hall–Kier alpha value is -0.313. The quantitative estimate of drug-likeness (QED) is 0.728. The van der Waals surface area contributed by atoms with Crippen LogP contribution in [0, 0.1) is 0 Å². The average Bonchev–Trinajstić information content (AvgIpc) is 1.91. The summed E-state index contributed by atoms with van der Waals surface area (Å²) in [4.78, 5) is 9.65. The van der Waals surface area contributed by atoms with Crippen molar-refractivity contribution in [3.8, 4) is 0 Å². The highest BCUT2D eigenvalue weighted by Crippen LogP contribution is 2.13. The molecule has 0 radical (unpaired) electrons. The highest BCUT2D eigenvalue weighted by Gasteiger charge is 2.16. The standard InChI is InChI=1S/C9H13ClOSi/c1-12(2,11)7-8-3-5-9(10)6-4-8/h3-6,11H,7H2,1-2H3. The Morgan fingerprint density at radius 1 is 1.25 bits per heavy atom. The van der Waals surface area contributed by atoms with E-state index in [1.54, 1.807) is 0 Å². The van der Waals surface area contributed by atoms with Gasteiger partial charge < -0.3 is 4.80 Å². The normalized spacial score (nSPS) is 11.7. The molecule has 0 spiro atoms. The zero-order chi connectivity index (χ0) is 9.19. The summed E-state index contributed by atoms with van der Waals surface area (Å²) in [6.07, 6.45) is 0. The van der Waals surface area contributed by atoms with E-state index in [4.69, 9.17) is 11.6 Å². The first kappa shape index (κ1) is 9.77. The zero-order valence-electron chi connectivity index (χ0n) is 7.34. The molecule has 1 nitrogen and oxygen atoms in total. The predicted octanol–water partition coefficient (Wildman–Crippen LogP) is 2.62. The Kier molecular flexibility index (Phi) is 2.93. The van der Waals surface area contributed by atoms with E-state index in [-0.39, 0.29) is 0 Å². The van der Waals surface area contributed by atoms with Gasteiger partial charge >= 0.3 is 0 Å². The highest BCUT2D eigenvalue weighted by molar-refractivity contribution is 6.69. The summed E-state index contributed by atoms with van der Waals surface area (Å²) in [6.45, 7) is 3.86. The number of benzene rings is 1. The van der Waals surface area contributed by atoms with Crippen molar-refractivity contribution >= 4 is 19.9 Å². The maximum absolute atomic E-state index is 9.65. The van der Waals surface area contributed by atoms with Crippen LogP contribution in [0.5, 0.6) is 0 Å². The van der Waals surface area contributed by atoms with Gasteiger partial charge in [0.25, 0.3) is 0 Å². The molecular weight excluding hydrogens is 188 g/mol. The highest BCUT2D eigenvalue weighted by atomic mass is 35.5. The second-order valence-electron chi connectivity index (χ2n) is 3.62. The fourth-order valence-electron chi connectivity index (χ4n) is 1.10. The molecule has 66 valence electrons. The third-order valence-electron chi connectivity index (χ3n) is 1.55. The van der Waals surface area contributed by atoms with Gasteiger partial charge in [-0.25, -0.2) is 0 Å². The Morgan fingerprint density at radius 3 is 2.17 bits per heavy atom. The first-order chi connectivity index (χ1) is 5.47. The van der Waals surface area contributed by atoms with Crippen LogP contribution in [0.25, 0.3) is 0 Å². The minimum Gasteiger partial charge on any atom is -0.432 e. The molecule has 0 amide bonds. The molecule has 0 aliphatic rings. The molecule has 0 bridgehead atoms. The summed E-state index contributed by atoms with van der Waals surface area (Å²) in [7, 11) is -1.96. The number of hydrogen-bond donors (Lipinski definition) is 1. The minimum absolute atomic E-state index is 0.746. The van der Waals surface area contributed by atoms with Gasteiger partial charge in [-0.3, -0.25) is 0 Å². The van der Waals surface area contributed by atoms with E-state index in [1.807, 2.05) is 37.4 Å². The smallest absolute Gasteiger partial charge is 0.186 e. The lowest BCUT2D eigenvalue weighted by Gasteiger charge is -2.13. The van der Waals surface area contributed by atoms with Crippen LogP contribution in [0.2, 0.25) is 18.1 Å². The lowest BCUT2D eigenvalue weighted by atomic mass is 10.2. The summed E-state index contributed by atoms with van der Waals surface area (Å²) in [6, 6.07) is 8.44. The van der Waals surface area contributed by atoms with Gasteiger partial charge in [0, 0.05) is 5.02 Å². The van der Waals surface area contributed by atoms with Crippen molar-refractivity contribution in [3.05, 3.63) is 34.9 Å². The molecule has 3 heteroatoms. The summed E-state index contributed by atoms with van der Waals surface area (Å²) in [5.74, 6) is 0. The molecule has 0 aliphatic heterocycles. The average molecular weight is 201 g/mol. The van der Waals surface area contributed by atoms with Crippen molar-refractivity contribution in [2.75, 3.05) is 0 Å². The predicted molar refractivity (Wildman–Crippen MR) is 54.9 cm³/mol. The first-order valence-electron chi connectivity index (χ1n) is 3.94. The second-order valence-corrected chi connectivity index (χ2v) is 8.03. The molecule has 1 aromatic carbocycles. The zero-order valence-corrected chi connectivity index (χ0v) is 9.10. The van der Waals surface area contributed by atoms with Crippen LogP contribution in [0.15, 0.2) is 24.3 Å². The van der Waals surface area contributed by atoms with E-state index < -0.39 is 8.32 Å². The summed E-state index contributed by atoms with van der Waals surface area (Å²) < 4.78 is 0. The molecule has 0 unspecified atom stereocenters. The first-order valence-corrected chi connectivity index (χ1v) is 7.47. The molecule has 0 aliphatic carbocycles. The van der Waals surface area contributed by atoms with Gasteiger partial charge in [0.05, 0.1) is 0 Å². The van der Waals surface area contributed by atoms with Crippen molar-refractivity contribution in [3.63, 3.8) is 0 Å². The third-order valence-corrected chi connectivity index (χ3v) is 3.08. The fourth-order valence-corrected chi connectivity index (χ4v) is 2.46. The van der Waals surface area contributed by atoms with Crippen LogP contribution in [0.1, 0.15) is 5.56 Å². The molecule has 0 saturated carbocycles. The van der Waals surface area contributed by atoms with Gasteiger partial charge in [-0.1, -0.05) is 23.7 Å². The second kappa shape index (κ2) is 3.60. The molecule has 0 fully saturated rings. The molecule has 0 atom stereocenters. The number of halogens is 1. The minimum atomic E-state index is -1.96. The molecule has 1 rings (SSSR count). The van der Waals surface area contributed by atoms with E-state index >= 15 is 0 Å². The SMILES string of the molecule is C[Si](C)(O)Cc1ccc(Cl)cc1. The van der Waals surface area contributed by atoms with E-state index in [0.717, 1.165) is 11.1 Å². The maximum atomic E-state index is 9.65. The Balaban J connectivity index is 2.71. The monoisotopic (exact) mass is 200 g/mol. The number of rotatable bonds is 2. The molecule has 1 aromatic rings. The van der Waals surface area contributed by atoms with Crippen LogP contribution in [-0.4, -0.2) is 13.1 Å². The molecule has 12 heavy (non-hydrogen) atoms. The van der Waals surface area contributed by atoms with Crippen molar-refractivity contribution in [1.29, 1.82) is 0 Å². The Bertz CT molecular complexity index is 250. The maximum Gasteiger partial charge on any atom is 0.186 e. The lowest BCUT2D eigenvalue weighted by molar-refractivity contribution is 0.548. The van der Waals surface area contributed by atoms with Crippen molar-refractivity contribution in [1.82, 2.24) is 0 Å². The lowest BCUT2D eigenvalue weighted by Crippen LogP contribution is -2.28. The van der Waals surface area contributed by atoms with E-state index in [9.17, 15) is 4.80 Å². The topological polar surface area (TPSA) is 20.2 Å². The van der Waals surface area contributed by atoms with E-state index in [2.05, 4.69) is 0 Å². The van der Waals surface area contributed by atoms with Crippen molar-refractivity contribution < 1.29 is 4.80 Å². The molecule has 0 aromatic heterocycles. The van der Waals surface area contributed by atoms with Crippen LogP contribution >= 0.6 is 11.6 Å². The Morgan fingerprint density at radius 2 is 1.75 bits per heavy atom. The van der Waals surface area contributed by atoms with E-state index in [1.165, 1.54) is 5.56 Å². The van der Waals surface area contributed by atoms with Gasteiger partial charge in [-0.2, -0.15) is 0 Å². The van der Waals surface area contributed by atoms with Gasteiger partial charge in [0.15, 0.2) is 8.32 Å². The third kappa shape index (κ3) is 3.39. The Labute approximate surface area is 79.1 Å². The van der Waals surface area contributed by atoms with Crippen LogP contribution in [0.4, 0.5) is 0 Å². The number of hydrogen-bond acceptors (Lipinski definition) is 1. The molecule has 0 heterocycles. The van der Waals surface area contributed by atoms with Gasteiger partial charge in [-0.15, -0.1) is 0 Å². The largest absolute Gasteiger partial charge is 0.432 e. The van der Waals surface area contributed by atoms with Crippen molar-refractivity contribution in [2.24, 2.45) is 0 Å².